The zero-order valence-corrected chi connectivity index (χ0v) is 7.99. The summed E-state index contributed by atoms with van der Waals surface area (Å²) in [6.45, 7) is 0. The summed E-state index contributed by atoms with van der Waals surface area (Å²) in [6.07, 6.45) is 0. The lowest BCUT2D eigenvalue weighted by Crippen LogP contribution is -2.01. The van der Waals surface area contributed by atoms with Crippen LogP contribution >= 0.6 is 11.3 Å². The Morgan fingerprint density at radius 2 is 1.86 bits per heavy atom. The van der Waals surface area contributed by atoms with Crippen molar-refractivity contribution in [1.29, 1.82) is 0 Å². The number of aromatic nitrogens is 2. The van der Waals surface area contributed by atoms with Crippen LogP contribution in [0.4, 0.5) is 5.69 Å². The van der Waals surface area contributed by atoms with Crippen molar-refractivity contribution < 1.29 is 0 Å². The first kappa shape index (κ1) is 8.83. The van der Waals surface area contributed by atoms with Crippen molar-refractivity contribution in [2.45, 2.75) is 0 Å². The molecule has 0 saturated heterocycles. The van der Waals surface area contributed by atoms with Crippen LogP contribution in [0.3, 0.4) is 0 Å². The number of nitrogen functional groups attached to an aromatic ring is 1. The molecule has 0 unspecified atom stereocenters. The third-order valence-corrected chi connectivity index (χ3v) is 2.34. The fourth-order valence-electron chi connectivity index (χ4n) is 1.03. The van der Waals surface area contributed by atoms with Crippen LogP contribution in [0, 0.1) is 0 Å². The molecule has 0 fully saturated rings. The first-order chi connectivity index (χ1) is 6.75. The summed E-state index contributed by atoms with van der Waals surface area (Å²) in [5.74, 6) is 0. The molecule has 0 radical (unpaired) electrons. The minimum Gasteiger partial charge on any atom is -0.399 e. The number of nitrogens with two attached hydrogens (primary N) is 1. The summed E-state index contributed by atoms with van der Waals surface area (Å²) in [4.78, 5) is 10.4. The maximum Gasteiger partial charge on any atom is 0.344 e. The quantitative estimate of drug-likeness (QED) is 0.709. The molecule has 2 aromatic rings. The predicted octanol–water partition coefficient (Wildman–Crippen LogP) is 1.15. The number of anilines is 1. The molecule has 5 heteroatoms. The van der Waals surface area contributed by atoms with E-state index in [9.17, 15) is 4.79 Å². The Morgan fingerprint density at radius 3 is 2.43 bits per heavy atom. The molecule has 0 bridgehead atoms. The van der Waals surface area contributed by atoms with E-state index in [4.69, 9.17) is 5.73 Å². The highest BCUT2D eigenvalue weighted by atomic mass is 32.1. The van der Waals surface area contributed by atoms with E-state index in [1.807, 2.05) is 12.1 Å². The normalized spacial score (nSPS) is 10.0. The standard InChI is InChI=1S/C9H7N3OS/c10-7-3-1-6(2-4-7)8-5-14-9(13)12-11-8/h1-5H,10H2. The van der Waals surface area contributed by atoms with E-state index in [0.717, 1.165) is 16.9 Å². The van der Waals surface area contributed by atoms with Crippen LogP contribution in [-0.2, 0) is 0 Å². The lowest BCUT2D eigenvalue weighted by molar-refractivity contribution is 1.03. The van der Waals surface area contributed by atoms with Gasteiger partial charge in [0.25, 0.3) is 0 Å². The summed E-state index contributed by atoms with van der Waals surface area (Å²) in [7, 11) is 0. The number of nitrogens with zero attached hydrogens (tertiary/aromatic N) is 2. The molecule has 0 saturated carbocycles. The van der Waals surface area contributed by atoms with E-state index in [2.05, 4.69) is 10.2 Å². The highest BCUT2D eigenvalue weighted by Gasteiger charge is 1.99. The van der Waals surface area contributed by atoms with E-state index in [1.54, 1.807) is 17.5 Å². The maximum atomic E-state index is 10.7. The lowest BCUT2D eigenvalue weighted by Gasteiger charge is -1.98. The van der Waals surface area contributed by atoms with Crippen LogP contribution < -0.4 is 10.6 Å². The lowest BCUT2D eigenvalue weighted by atomic mass is 10.2. The van der Waals surface area contributed by atoms with Gasteiger partial charge in [0, 0.05) is 16.6 Å². The fourth-order valence-corrected chi connectivity index (χ4v) is 1.51. The third kappa shape index (κ3) is 1.77. The number of benzene rings is 1. The topological polar surface area (TPSA) is 68.9 Å². The summed E-state index contributed by atoms with van der Waals surface area (Å²) < 4.78 is 0. The van der Waals surface area contributed by atoms with Crippen molar-refractivity contribution in [3.8, 4) is 11.3 Å². The van der Waals surface area contributed by atoms with Gasteiger partial charge in [-0.2, -0.15) is 0 Å². The molecule has 2 N–H and O–H groups in total. The molecule has 0 amide bonds. The summed E-state index contributed by atoms with van der Waals surface area (Å²) in [6, 6.07) is 7.26. The Bertz CT molecular complexity index is 472. The van der Waals surface area contributed by atoms with E-state index < -0.39 is 0 Å². The van der Waals surface area contributed by atoms with Gasteiger partial charge in [-0.05, 0) is 12.1 Å². The van der Waals surface area contributed by atoms with Crippen molar-refractivity contribution in [2.24, 2.45) is 0 Å². The van der Waals surface area contributed by atoms with E-state index in [0.29, 0.717) is 11.4 Å². The Labute approximate surface area is 84.0 Å². The minimum absolute atomic E-state index is 0.288. The van der Waals surface area contributed by atoms with Crippen molar-refractivity contribution in [1.82, 2.24) is 10.2 Å². The van der Waals surface area contributed by atoms with Gasteiger partial charge in [-0.1, -0.05) is 28.6 Å². The van der Waals surface area contributed by atoms with Crippen LogP contribution in [0.2, 0.25) is 0 Å². The minimum atomic E-state index is -0.288. The molecule has 4 nitrogen and oxygen atoms in total. The average Bonchev–Trinajstić information content (AvgIpc) is 2.21. The second-order valence-corrected chi connectivity index (χ2v) is 3.53. The summed E-state index contributed by atoms with van der Waals surface area (Å²) in [5, 5.41) is 8.93. The zero-order valence-electron chi connectivity index (χ0n) is 7.18. The average molecular weight is 205 g/mol. The van der Waals surface area contributed by atoms with Crippen LogP contribution in [0.1, 0.15) is 0 Å². The first-order valence-electron chi connectivity index (χ1n) is 3.94. The molecule has 0 aliphatic carbocycles. The molecule has 2 rings (SSSR count). The van der Waals surface area contributed by atoms with Crippen LogP contribution in [-0.4, -0.2) is 10.2 Å². The summed E-state index contributed by atoms with van der Waals surface area (Å²) >= 11 is 1.03. The Morgan fingerprint density at radius 1 is 1.14 bits per heavy atom. The molecular formula is C9H7N3OS. The fraction of sp³-hybridized carbons (Fsp3) is 0. The molecule has 1 heterocycles. The maximum absolute atomic E-state index is 10.7. The molecule has 14 heavy (non-hydrogen) atoms. The molecule has 70 valence electrons. The number of hydrogen-bond acceptors (Lipinski definition) is 5. The van der Waals surface area contributed by atoms with Gasteiger partial charge >= 0.3 is 4.87 Å². The van der Waals surface area contributed by atoms with Gasteiger partial charge in [0.05, 0.1) is 0 Å². The monoisotopic (exact) mass is 205 g/mol. The van der Waals surface area contributed by atoms with Crippen LogP contribution in [0.25, 0.3) is 11.3 Å². The molecule has 0 atom stereocenters. The number of hydrogen-bond donors (Lipinski definition) is 1. The van der Waals surface area contributed by atoms with Gasteiger partial charge in [0.2, 0.25) is 0 Å². The third-order valence-electron chi connectivity index (χ3n) is 1.72. The van der Waals surface area contributed by atoms with Gasteiger partial charge in [0.15, 0.2) is 0 Å². The SMILES string of the molecule is Nc1ccc(-c2csc(=O)nn2)cc1. The zero-order chi connectivity index (χ0) is 9.97. The van der Waals surface area contributed by atoms with Crippen molar-refractivity contribution in [2.75, 3.05) is 5.73 Å². The Hall–Kier alpha value is -1.75. The smallest absolute Gasteiger partial charge is 0.344 e. The van der Waals surface area contributed by atoms with Gasteiger partial charge in [-0.3, -0.25) is 4.79 Å². The first-order valence-corrected chi connectivity index (χ1v) is 4.82. The van der Waals surface area contributed by atoms with E-state index >= 15 is 0 Å². The van der Waals surface area contributed by atoms with Crippen molar-refractivity contribution in [3.05, 3.63) is 39.3 Å². The molecule has 0 aliphatic rings. The highest BCUT2D eigenvalue weighted by Crippen LogP contribution is 2.17. The van der Waals surface area contributed by atoms with Gasteiger partial charge in [-0.25, -0.2) is 0 Å². The molecule has 0 aliphatic heterocycles. The second kappa shape index (κ2) is 3.55. The predicted molar refractivity (Wildman–Crippen MR) is 56.0 cm³/mol. The van der Waals surface area contributed by atoms with Gasteiger partial charge < -0.3 is 5.73 Å². The number of rotatable bonds is 1. The molecule has 1 aromatic carbocycles. The van der Waals surface area contributed by atoms with Gasteiger partial charge in [-0.15, -0.1) is 5.10 Å². The van der Waals surface area contributed by atoms with Gasteiger partial charge in [0.1, 0.15) is 5.69 Å². The van der Waals surface area contributed by atoms with E-state index in [-0.39, 0.29) is 4.87 Å². The van der Waals surface area contributed by atoms with Crippen LogP contribution in [0.15, 0.2) is 34.4 Å². The summed E-state index contributed by atoms with van der Waals surface area (Å²) in [5.41, 5.74) is 7.84. The largest absolute Gasteiger partial charge is 0.399 e. The van der Waals surface area contributed by atoms with Crippen LogP contribution in [0.5, 0.6) is 0 Å². The molecule has 0 spiro atoms. The van der Waals surface area contributed by atoms with Crippen molar-refractivity contribution in [3.63, 3.8) is 0 Å². The van der Waals surface area contributed by atoms with Crippen molar-refractivity contribution >= 4 is 17.0 Å². The Balaban J connectivity index is 2.44. The highest BCUT2D eigenvalue weighted by molar-refractivity contribution is 7.07. The second-order valence-electron chi connectivity index (χ2n) is 2.71. The molecular weight excluding hydrogens is 198 g/mol. The van der Waals surface area contributed by atoms with E-state index in [1.165, 1.54) is 0 Å². The Kier molecular flexibility index (Phi) is 2.24. The molecule has 1 aromatic heterocycles.